The maximum absolute atomic E-state index is 12.3. The second-order valence-corrected chi connectivity index (χ2v) is 8.11. The van der Waals surface area contributed by atoms with Crippen LogP contribution in [0.2, 0.25) is 0 Å². The third-order valence-electron chi connectivity index (χ3n) is 3.81. The average Bonchev–Trinajstić information content (AvgIpc) is 2.60. The first kappa shape index (κ1) is 20.7. The van der Waals surface area contributed by atoms with E-state index in [2.05, 4.69) is 4.72 Å². The Morgan fingerprint density at radius 2 is 1.93 bits per heavy atom. The Bertz CT molecular complexity index is 928. The minimum Gasteiger partial charge on any atom is -0.497 e. The lowest BCUT2D eigenvalue weighted by Gasteiger charge is -2.20. The normalized spacial score (nSPS) is 11.4. The number of methoxy groups -OCH3 is 1. The van der Waals surface area contributed by atoms with E-state index in [-0.39, 0.29) is 16.6 Å². The zero-order valence-electron chi connectivity index (χ0n) is 15.7. The second-order valence-electron chi connectivity index (χ2n) is 6.39. The number of sulfonamides is 1. The molecule has 0 fully saturated rings. The third kappa shape index (κ3) is 5.18. The molecule has 0 aliphatic heterocycles. The molecule has 0 atom stereocenters. The molecule has 0 saturated carbocycles. The van der Waals surface area contributed by atoms with Gasteiger partial charge in [0.2, 0.25) is 10.0 Å². The van der Waals surface area contributed by atoms with E-state index in [1.807, 2.05) is 24.3 Å². The van der Waals surface area contributed by atoms with Gasteiger partial charge in [-0.05, 0) is 43.7 Å². The van der Waals surface area contributed by atoms with E-state index in [1.165, 1.54) is 12.1 Å². The van der Waals surface area contributed by atoms with Gasteiger partial charge in [0, 0.05) is 25.7 Å². The maximum atomic E-state index is 12.3. The zero-order valence-corrected chi connectivity index (χ0v) is 16.5. The Kier molecular flexibility index (Phi) is 6.40. The van der Waals surface area contributed by atoms with E-state index in [4.69, 9.17) is 4.74 Å². The molecule has 0 amide bonds. The molecular weight excluding hydrogens is 370 g/mol. The van der Waals surface area contributed by atoms with Gasteiger partial charge in [0.1, 0.15) is 11.4 Å². The van der Waals surface area contributed by atoms with Crippen molar-refractivity contribution in [3.8, 4) is 5.75 Å². The monoisotopic (exact) mass is 393 g/mol. The molecule has 1 N–H and O–H groups in total. The molecule has 8 nitrogen and oxygen atoms in total. The van der Waals surface area contributed by atoms with E-state index in [0.717, 1.165) is 11.6 Å². The predicted octanol–water partition coefficient (Wildman–Crippen LogP) is 2.93. The molecule has 0 aliphatic carbocycles. The van der Waals surface area contributed by atoms with Gasteiger partial charge in [-0.25, -0.2) is 13.1 Å². The Morgan fingerprint density at radius 1 is 1.22 bits per heavy atom. The minimum absolute atomic E-state index is 0.138. The molecule has 27 heavy (non-hydrogen) atoms. The van der Waals surface area contributed by atoms with Crippen LogP contribution in [0.1, 0.15) is 19.4 Å². The topological polar surface area (TPSA) is 102 Å². The molecule has 9 heteroatoms. The van der Waals surface area contributed by atoms with Crippen LogP contribution in [-0.4, -0.2) is 33.5 Å². The average molecular weight is 393 g/mol. The van der Waals surface area contributed by atoms with E-state index >= 15 is 0 Å². The number of hydrogen-bond donors (Lipinski definition) is 1. The molecule has 0 aromatic heterocycles. The van der Waals surface area contributed by atoms with Crippen LogP contribution >= 0.6 is 0 Å². The zero-order chi connectivity index (χ0) is 20.2. The summed E-state index contributed by atoms with van der Waals surface area (Å²) in [6.07, 6.45) is 0. The Hall–Kier alpha value is -2.65. The number of benzene rings is 2. The molecule has 0 aliphatic rings. The summed E-state index contributed by atoms with van der Waals surface area (Å²) in [5.74, 6) is 0.691. The number of hydrogen-bond acceptors (Lipinski definition) is 6. The summed E-state index contributed by atoms with van der Waals surface area (Å²) >= 11 is 0. The van der Waals surface area contributed by atoms with E-state index in [0.29, 0.717) is 18.0 Å². The number of nitro benzene ring substituents is 1. The summed E-state index contributed by atoms with van der Waals surface area (Å²) in [6.45, 7) is 3.76. The fourth-order valence-electron chi connectivity index (χ4n) is 2.65. The van der Waals surface area contributed by atoms with Crippen LogP contribution in [0.25, 0.3) is 0 Å². The SMILES string of the molecule is COc1cccc(CN(C)c2ccc(S(=O)(=O)NC(C)C)cc2[N+](=O)[O-])c1. The van der Waals surface area contributed by atoms with Crippen molar-refractivity contribution < 1.29 is 18.1 Å². The Balaban J connectivity index is 2.37. The molecule has 2 rings (SSSR count). The van der Waals surface area contributed by atoms with Crippen molar-refractivity contribution >= 4 is 21.4 Å². The van der Waals surface area contributed by atoms with Crippen molar-refractivity contribution in [1.82, 2.24) is 4.72 Å². The van der Waals surface area contributed by atoms with Gasteiger partial charge < -0.3 is 9.64 Å². The maximum Gasteiger partial charge on any atom is 0.293 e. The lowest BCUT2D eigenvalue weighted by molar-refractivity contribution is -0.384. The number of anilines is 1. The first-order chi connectivity index (χ1) is 12.6. The highest BCUT2D eigenvalue weighted by Crippen LogP contribution is 2.31. The van der Waals surface area contributed by atoms with Crippen molar-refractivity contribution in [1.29, 1.82) is 0 Å². The lowest BCUT2D eigenvalue weighted by Crippen LogP contribution is -2.30. The second kappa shape index (κ2) is 8.36. The quantitative estimate of drug-likeness (QED) is 0.546. The Labute approximate surface area is 159 Å². The molecule has 0 saturated heterocycles. The van der Waals surface area contributed by atoms with Crippen LogP contribution in [0.4, 0.5) is 11.4 Å². The van der Waals surface area contributed by atoms with Crippen LogP contribution in [0, 0.1) is 10.1 Å². The van der Waals surface area contributed by atoms with Gasteiger partial charge in [-0.3, -0.25) is 10.1 Å². The summed E-state index contributed by atoms with van der Waals surface area (Å²) < 4.78 is 32.2. The third-order valence-corrected chi connectivity index (χ3v) is 5.47. The number of ether oxygens (including phenoxy) is 1. The van der Waals surface area contributed by atoms with E-state index in [9.17, 15) is 18.5 Å². The number of nitrogens with one attached hydrogen (secondary N) is 1. The fraction of sp³-hybridized carbons (Fsp3) is 0.333. The van der Waals surface area contributed by atoms with Gasteiger partial charge in [0.15, 0.2) is 0 Å². The summed E-state index contributed by atoms with van der Waals surface area (Å²) in [5.41, 5.74) is 0.961. The number of rotatable bonds is 8. The van der Waals surface area contributed by atoms with Crippen molar-refractivity contribution in [2.75, 3.05) is 19.1 Å². The van der Waals surface area contributed by atoms with Crippen LogP contribution < -0.4 is 14.4 Å². The first-order valence-corrected chi connectivity index (χ1v) is 9.77. The molecule has 2 aromatic carbocycles. The largest absolute Gasteiger partial charge is 0.497 e. The van der Waals surface area contributed by atoms with Crippen LogP contribution in [0.3, 0.4) is 0 Å². The summed E-state index contributed by atoms with van der Waals surface area (Å²) in [6, 6.07) is 11.0. The molecule has 0 bridgehead atoms. The summed E-state index contributed by atoms with van der Waals surface area (Å²) in [5, 5.41) is 11.5. The Morgan fingerprint density at radius 3 is 2.52 bits per heavy atom. The molecule has 2 aromatic rings. The first-order valence-electron chi connectivity index (χ1n) is 8.29. The number of nitrogens with zero attached hydrogens (tertiary/aromatic N) is 2. The van der Waals surface area contributed by atoms with Crippen molar-refractivity contribution in [2.24, 2.45) is 0 Å². The highest BCUT2D eigenvalue weighted by molar-refractivity contribution is 7.89. The summed E-state index contributed by atoms with van der Waals surface area (Å²) in [7, 11) is -0.537. The van der Waals surface area contributed by atoms with Crippen molar-refractivity contribution in [3.05, 3.63) is 58.1 Å². The molecular formula is C18H23N3O5S. The van der Waals surface area contributed by atoms with Crippen LogP contribution in [0.5, 0.6) is 5.75 Å². The molecule has 0 radical (unpaired) electrons. The molecule has 0 heterocycles. The fourth-order valence-corrected chi connectivity index (χ4v) is 3.92. The highest BCUT2D eigenvalue weighted by Gasteiger charge is 2.23. The van der Waals surface area contributed by atoms with E-state index < -0.39 is 14.9 Å². The van der Waals surface area contributed by atoms with Gasteiger partial charge in [0.25, 0.3) is 5.69 Å². The predicted molar refractivity (Wildman–Crippen MR) is 104 cm³/mol. The van der Waals surface area contributed by atoms with Crippen molar-refractivity contribution in [3.63, 3.8) is 0 Å². The van der Waals surface area contributed by atoms with Gasteiger partial charge in [-0.15, -0.1) is 0 Å². The smallest absolute Gasteiger partial charge is 0.293 e. The van der Waals surface area contributed by atoms with Crippen LogP contribution in [-0.2, 0) is 16.6 Å². The molecule has 146 valence electrons. The van der Waals surface area contributed by atoms with Gasteiger partial charge in [-0.1, -0.05) is 12.1 Å². The standard InChI is InChI=1S/C18H23N3O5S/c1-13(2)19-27(24,25)16-8-9-17(18(11-16)21(22)23)20(3)12-14-6-5-7-15(10-14)26-4/h5-11,13,19H,12H2,1-4H3. The van der Waals surface area contributed by atoms with Gasteiger partial charge in [0.05, 0.1) is 16.9 Å². The van der Waals surface area contributed by atoms with E-state index in [1.54, 1.807) is 32.9 Å². The number of nitro groups is 1. The molecule has 0 unspecified atom stereocenters. The minimum atomic E-state index is -3.82. The molecule has 0 spiro atoms. The van der Waals surface area contributed by atoms with Gasteiger partial charge in [-0.2, -0.15) is 0 Å². The van der Waals surface area contributed by atoms with Crippen molar-refractivity contribution in [2.45, 2.75) is 31.3 Å². The lowest BCUT2D eigenvalue weighted by atomic mass is 10.2. The highest BCUT2D eigenvalue weighted by atomic mass is 32.2. The summed E-state index contributed by atoms with van der Waals surface area (Å²) in [4.78, 5) is 12.5. The van der Waals surface area contributed by atoms with Gasteiger partial charge >= 0.3 is 0 Å². The van der Waals surface area contributed by atoms with Crippen LogP contribution in [0.15, 0.2) is 47.4 Å².